The van der Waals surface area contributed by atoms with Crippen LogP contribution in [0.2, 0.25) is 0 Å². The molecule has 1 N–H and O–H groups in total. The van der Waals surface area contributed by atoms with E-state index in [1.807, 2.05) is 0 Å². The molecule has 0 aliphatic rings. The molecule has 3 aromatic rings. The van der Waals surface area contributed by atoms with Crippen molar-refractivity contribution in [3.63, 3.8) is 0 Å². The average molecular weight is 425 g/mol. The van der Waals surface area contributed by atoms with Crippen LogP contribution in [-0.2, 0) is 6.42 Å². The Morgan fingerprint density at radius 2 is 1.34 bits per heavy atom. The minimum Gasteiger partial charge on any atom is -0.348 e. The normalized spacial score (nSPS) is 12.8. The number of amidine groups is 1. The van der Waals surface area contributed by atoms with E-state index in [9.17, 15) is 0 Å². The van der Waals surface area contributed by atoms with Crippen molar-refractivity contribution in [1.29, 1.82) is 0 Å². The van der Waals surface area contributed by atoms with Gasteiger partial charge in [-0.2, -0.15) is 0 Å². The zero-order valence-electron chi connectivity index (χ0n) is 19.9. The lowest BCUT2D eigenvalue weighted by atomic mass is 9.71. The van der Waals surface area contributed by atoms with E-state index in [1.165, 1.54) is 22.4 Å². The van der Waals surface area contributed by atoms with Crippen LogP contribution in [0, 0.1) is 5.41 Å². The highest BCUT2D eigenvalue weighted by atomic mass is 15.0. The molecular weight excluding hydrogens is 388 g/mol. The van der Waals surface area contributed by atoms with E-state index < -0.39 is 0 Å². The van der Waals surface area contributed by atoms with Gasteiger partial charge in [-0.25, -0.2) is 0 Å². The summed E-state index contributed by atoms with van der Waals surface area (Å²) < 4.78 is 0. The summed E-state index contributed by atoms with van der Waals surface area (Å²) in [6.07, 6.45) is 4.16. The van der Waals surface area contributed by atoms with E-state index in [4.69, 9.17) is 4.99 Å². The first-order chi connectivity index (χ1) is 15.5. The monoisotopic (exact) mass is 424 g/mol. The molecule has 32 heavy (non-hydrogen) atoms. The van der Waals surface area contributed by atoms with Gasteiger partial charge in [-0.3, -0.25) is 4.99 Å². The molecule has 0 heterocycles. The molecule has 0 aliphatic carbocycles. The van der Waals surface area contributed by atoms with Crippen LogP contribution in [0.15, 0.2) is 108 Å². The molecule has 0 aromatic heterocycles. The number of nitrogens with one attached hydrogen (secondary N) is 1. The fraction of sp³-hybridized carbons (Fsp3) is 0.300. The number of benzene rings is 3. The Balaban J connectivity index is 1.70. The molecule has 0 saturated carbocycles. The Morgan fingerprint density at radius 3 is 1.84 bits per heavy atom. The Kier molecular flexibility index (Phi) is 8.44. The van der Waals surface area contributed by atoms with Gasteiger partial charge in [-0.1, -0.05) is 111 Å². The molecule has 0 fully saturated rings. The summed E-state index contributed by atoms with van der Waals surface area (Å²) in [6, 6.07) is 32.2. The van der Waals surface area contributed by atoms with Crippen LogP contribution in [-0.4, -0.2) is 12.4 Å². The van der Waals surface area contributed by atoms with Gasteiger partial charge in [0.2, 0.25) is 0 Å². The smallest absolute Gasteiger partial charge is 0.0973 e. The van der Waals surface area contributed by atoms with Crippen molar-refractivity contribution < 1.29 is 0 Å². The van der Waals surface area contributed by atoms with E-state index in [-0.39, 0.29) is 11.3 Å². The van der Waals surface area contributed by atoms with Gasteiger partial charge in [0.25, 0.3) is 0 Å². The quantitative estimate of drug-likeness (QED) is 0.281. The van der Waals surface area contributed by atoms with Crippen LogP contribution in [0.5, 0.6) is 0 Å². The molecule has 2 nitrogen and oxygen atoms in total. The molecule has 3 aromatic carbocycles. The molecule has 0 spiro atoms. The van der Waals surface area contributed by atoms with E-state index in [0.717, 1.165) is 25.2 Å². The first kappa shape index (κ1) is 23.5. The maximum absolute atomic E-state index is 4.98. The van der Waals surface area contributed by atoms with Gasteiger partial charge >= 0.3 is 0 Å². The number of aliphatic imine (C=N–C) groups is 1. The maximum atomic E-state index is 4.98. The maximum Gasteiger partial charge on any atom is 0.0973 e. The van der Waals surface area contributed by atoms with E-state index in [2.05, 4.69) is 130 Å². The van der Waals surface area contributed by atoms with Crippen LogP contribution in [0.25, 0.3) is 0 Å². The van der Waals surface area contributed by atoms with Gasteiger partial charge in [-0.15, -0.1) is 0 Å². The largest absolute Gasteiger partial charge is 0.348 e. The molecule has 0 atom stereocenters. The van der Waals surface area contributed by atoms with Crippen LogP contribution in [0.1, 0.15) is 56.7 Å². The Hall–Kier alpha value is -3.13. The van der Waals surface area contributed by atoms with Crippen molar-refractivity contribution in [3.8, 4) is 0 Å². The van der Waals surface area contributed by atoms with Crippen molar-refractivity contribution >= 4 is 5.84 Å². The van der Waals surface area contributed by atoms with Crippen LogP contribution in [0.4, 0.5) is 0 Å². The molecular formula is C30H36N2. The number of hydrogen-bond donors (Lipinski definition) is 1. The number of allylic oxidation sites excluding steroid dienone is 2. The fourth-order valence-electron chi connectivity index (χ4n) is 4.27. The molecule has 2 heteroatoms. The Bertz CT molecular complexity index is 963. The Labute approximate surface area is 194 Å². The predicted molar refractivity (Wildman–Crippen MR) is 138 cm³/mol. The van der Waals surface area contributed by atoms with Gasteiger partial charge < -0.3 is 5.32 Å². The number of nitrogens with zero attached hydrogens (tertiary/aromatic N) is 1. The van der Waals surface area contributed by atoms with Crippen LogP contribution in [0.3, 0.4) is 0 Å². The van der Waals surface area contributed by atoms with E-state index in [0.29, 0.717) is 0 Å². The van der Waals surface area contributed by atoms with Crippen molar-refractivity contribution in [2.45, 2.75) is 46.5 Å². The summed E-state index contributed by atoms with van der Waals surface area (Å²) in [5.41, 5.74) is 5.21. The zero-order chi connectivity index (χ0) is 22.8. The average Bonchev–Trinajstić information content (AvgIpc) is 2.82. The van der Waals surface area contributed by atoms with Crippen LogP contribution < -0.4 is 5.32 Å². The van der Waals surface area contributed by atoms with Crippen molar-refractivity contribution in [2.24, 2.45) is 10.4 Å². The lowest BCUT2D eigenvalue weighted by Crippen LogP contribution is -2.29. The lowest BCUT2D eigenvalue weighted by molar-refractivity contribution is 0.330. The van der Waals surface area contributed by atoms with Gasteiger partial charge in [-0.05, 0) is 48.8 Å². The SMILES string of the molecule is C/C=C(/CCc1ccccc1)NC(C)=NCC(C)(C)C(c1ccccc1)c1ccccc1. The summed E-state index contributed by atoms with van der Waals surface area (Å²) in [5, 5.41) is 3.54. The minimum atomic E-state index is -0.0359. The van der Waals surface area contributed by atoms with Crippen molar-refractivity contribution in [3.05, 3.63) is 119 Å². The molecule has 0 radical (unpaired) electrons. The highest BCUT2D eigenvalue weighted by molar-refractivity contribution is 5.81. The molecule has 0 bridgehead atoms. The second-order valence-corrected chi connectivity index (χ2v) is 9.07. The highest BCUT2D eigenvalue weighted by Gasteiger charge is 2.32. The molecule has 0 aliphatic heterocycles. The summed E-state index contributed by atoms with van der Waals surface area (Å²) in [4.78, 5) is 4.98. The highest BCUT2D eigenvalue weighted by Crippen LogP contribution is 2.41. The van der Waals surface area contributed by atoms with Gasteiger partial charge in [0.15, 0.2) is 0 Å². The topological polar surface area (TPSA) is 24.4 Å². The van der Waals surface area contributed by atoms with Crippen molar-refractivity contribution in [2.75, 3.05) is 6.54 Å². The lowest BCUT2D eigenvalue weighted by Gasteiger charge is -2.34. The van der Waals surface area contributed by atoms with Gasteiger partial charge in [0.05, 0.1) is 5.84 Å². The first-order valence-corrected chi connectivity index (χ1v) is 11.6. The number of aryl methyl sites for hydroxylation is 1. The number of hydrogen-bond acceptors (Lipinski definition) is 1. The van der Waals surface area contributed by atoms with Crippen molar-refractivity contribution in [1.82, 2.24) is 5.32 Å². The van der Waals surface area contributed by atoms with E-state index in [1.54, 1.807) is 0 Å². The molecule has 166 valence electrons. The van der Waals surface area contributed by atoms with E-state index >= 15 is 0 Å². The third kappa shape index (κ3) is 6.68. The summed E-state index contributed by atoms with van der Waals surface area (Å²) >= 11 is 0. The summed E-state index contributed by atoms with van der Waals surface area (Å²) in [5.74, 6) is 1.25. The zero-order valence-corrected chi connectivity index (χ0v) is 19.9. The molecule has 0 saturated heterocycles. The van der Waals surface area contributed by atoms with Gasteiger partial charge in [0.1, 0.15) is 0 Å². The molecule has 3 rings (SSSR count). The second-order valence-electron chi connectivity index (χ2n) is 9.07. The van der Waals surface area contributed by atoms with Gasteiger partial charge in [0, 0.05) is 18.2 Å². The predicted octanol–water partition coefficient (Wildman–Crippen LogP) is 7.39. The third-order valence-electron chi connectivity index (χ3n) is 5.99. The molecule has 0 unspecified atom stereocenters. The number of rotatable bonds is 9. The fourth-order valence-corrected chi connectivity index (χ4v) is 4.27. The first-order valence-electron chi connectivity index (χ1n) is 11.6. The molecule has 0 amide bonds. The summed E-state index contributed by atoms with van der Waals surface area (Å²) in [6.45, 7) is 9.55. The Morgan fingerprint density at radius 1 is 0.844 bits per heavy atom. The third-order valence-corrected chi connectivity index (χ3v) is 5.99. The van der Waals surface area contributed by atoms with Crippen LogP contribution >= 0.6 is 0 Å². The minimum absolute atomic E-state index is 0.0359. The standard InChI is InChI=1S/C30H36N2/c1-5-28(22-21-25-15-9-6-10-16-25)32-24(2)31-23-30(3,4)29(26-17-11-7-12-18-26)27-19-13-8-14-20-27/h5-20,29H,21-23H2,1-4H3,(H,31,32)/b28-5-. The summed E-state index contributed by atoms with van der Waals surface area (Å²) in [7, 11) is 0. The second kappa shape index (κ2) is 11.5.